The molecule has 0 spiro atoms. The lowest BCUT2D eigenvalue weighted by molar-refractivity contribution is 0.248. The summed E-state index contributed by atoms with van der Waals surface area (Å²) in [6.07, 6.45) is 1.55. The molecule has 0 aliphatic rings. The first-order valence-corrected chi connectivity index (χ1v) is 6.09. The highest BCUT2D eigenvalue weighted by molar-refractivity contribution is 7.16. The Morgan fingerprint density at radius 3 is 3.00 bits per heavy atom. The van der Waals surface area contributed by atoms with E-state index in [9.17, 15) is 0 Å². The van der Waals surface area contributed by atoms with Crippen LogP contribution in [-0.4, -0.2) is 26.7 Å². The van der Waals surface area contributed by atoms with Crippen molar-refractivity contribution < 1.29 is 0 Å². The molecular formula is C10H10ClN5S. The minimum absolute atomic E-state index is 0.192. The molecule has 0 saturated heterocycles. The molecule has 0 aromatic carbocycles. The summed E-state index contributed by atoms with van der Waals surface area (Å²) in [5.74, 6) is 0.192. The zero-order valence-electron chi connectivity index (χ0n) is 9.17. The Morgan fingerprint density at radius 2 is 2.41 bits per heavy atom. The third kappa shape index (κ3) is 3.27. The van der Waals surface area contributed by atoms with Gasteiger partial charge in [-0.2, -0.15) is 5.26 Å². The van der Waals surface area contributed by atoms with Crippen LogP contribution in [0.2, 0.25) is 4.34 Å². The largest absolute Gasteiger partial charge is 0.282 e. The molecule has 2 aromatic rings. The molecule has 0 N–H and O–H groups in total. The molecule has 0 aliphatic carbocycles. The van der Waals surface area contributed by atoms with E-state index in [0.717, 1.165) is 10.9 Å². The van der Waals surface area contributed by atoms with Crippen molar-refractivity contribution in [3.63, 3.8) is 0 Å². The molecule has 88 valence electrons. The van der Waals surface area contributed by atoms with Crippen LogP contribution in [0.25, 0.3) is 0 Å². The first-order valence-electron chi connectivity index (χ1n) is 4.89. The highest BCUT2D eigenvalue weighted by Crippen LogP contribution is 2.22. The van der Waals surface area contributed by atoms with Gasteiger partial charge < -0.3 is 0 Å². The van der Waals surface area contributed by atoms with E-state index in [1.165, 1.54) is 4.88 Å². The molecule has 0 radical (unpaired) electrons. The normalized spacial score (nSPS) is 10.7. The summed E-state index contributed by atoms with van der Waals surface area (Å²) in [4.78, 5) is 7.10. The van der Waals surface area contributed by atoms with Gasteiger partial charge in [-0.15, -0.1) is 16.4 Å². The van der Waals surface area contributed by atoms with E-state index >= 15 is 0 Å². The monoisotopic (exact) mass is 267 g/mol. The van der Waals surface area contributed by atoms with Crippen LogP contribution in [0.15, 0.2) is 18.5 Å². The lowest BCUT2D eigenvalue weighted by Crippen LogP contribution is -2.21. The molecule has 0 saturated carbocycles. The molecule has 2 aromatic heterocycles. The first kappa shape index (κ1) is 12.0. The van der Waals surface area contributed by atoms with Gasteiger partial charge in [0.1, 0.15) is 12.4 Å². The molecule has 0 amide bonds. The van der Waals surface area contributed by atoms with Crippen molar-refractivity contribution in [3.05, 3.63) is 33.5 Å². The summed E-state index contributed by atoms with van der Waals surface area (Å²) >= 11 is 7.43. The summed E-state index contributed by atoms with van der Waals surface area (Å²) in [7, 11) is 1.97. The van der Waals surface area contributed by atoms with Gasteiger partial charge in [0.05, 0.1) is 11.0 Å². The van der Waals surface area contributed by atoms with Crippen LogP contribution >= 0.6 is 22.9 Å². The predicted molar refractivity (Wildman–Crippen MR) is 65.5 cm³/mol. The van der Waals surface area contributed by atoms with Gasteiger partial charge in [-0.25, -0.2) is 9.67 Å². The molecule has 17 heavy (non-hydrogen) atoms. The van der Waals surface area contributed by atoms with Gasteiger partial charge in [-0.1, -0.05) is 11.6 Å². The number of halogens is 1. The fourth-order valence-electron chi connectivity index (χ4n) is 1.41. The van der Waals surface area contributed by atoms with E-state index in [0.29, 0.717) is 6.67 Å². The molecule has 5 nitrogen and oxygen atoms in total. The molecule has 0 aliphatic heterocycles. The van der Waals surface area contributed by atoms with Crippen LogP contribution in [0.5, 0.6) is 0 Å². The van der Waals surface area contributed by atoms with Crippen LogP contribution in [0.1, 0.15) is 10.7 Å². The summed E-state index contributed by atoms with van der Waals surface area (Å²) in [6.45, 7) is 1.38. The second kappa shape index (κ2) is 5.27. The SMILES string of the molecule is CN(Cc1ccc(Cl)s1)Cn1cnc(C#N)n1. The molecule has 2 rings (SSSR count). The standard InChI is InChI=1S/C10H10ClN5S/c1-15(5-8-2-3-9(11)17-8)7-16-6-13-10(4-12)14-16/h2-3,6H,5,7H2,1H3. The maximum absolute atomic E-state index is 8.61. The lowest BCUT2D eigenvalue weighted by Gasteiger charge is -2.14. The second-order valence-corrected chi connectivity index (χ2v) is 5.38. The highest BCUT2D eigenvalue weighted by atomic mass is 35.5. The van der Waals surface area contributed by atoms with E-state index < -0.39 is 0 Å². The number of hydrogen-bond acceptors (Lipinski definition) is 5. The van der Waals surface area contributed by atoms with Gasteiger partial charge in [0, 0.05) is 11.4 Å². The first-order chi connectivity index (χ1) is 8.17. The predicted octanol–water partition coefficient (Wildman–Crippen LogP) is 1.95. The number of nitriles is 1. The highest BCUT2D eigenvalue weighted by Gasteiger charge is 2.05. The quantitative estimate of drug-likeness (QED) is 0.850. The molecule has 0 fully saturated rings. The lowest BCUT2D eigenvalue weighted by atomic mass is 10.4. The van der Waals surface area contributed by atoms with Gasteiger partial charge in [-0.3, -0.25) is 4.90 Å². The Hall–Kier alpha value is -1.42. The maximum atomic E-state index is 8.61. The van der Waals surface area contributed by atoms with Crippen molar-refractivity contribution in [2.24, 2.45) is 0 Å². The van der Waals surface area contributed by atoms with E-state index in [-0.39, 0.29) is 5.82 Å². The Bertz CT molecular complexity index is 541. The molecule has 0 unspecified atom stereocenters. The van der Waals surface area contributed by atoms with E-state index in [2.05, 4.69) is 15.0 Å². The van der Waals surface area contributed by atoms with Gasteiger partial charge >= 0.3 is 0 Å². The minimum Gasteiger partial charge on any atom is -0.282 e. The van der Waals surface area contributed by atoms with E-state index in [1.807, 2.05) is 25.2 Å². The van der Waals surface area contributed by atoms with Crippen molar-refractivity contribution in [1.82, 2.24) is 19.7 Å². The zero-order valence-corrected chi connectivity index (χ0v) is 10.7. The fourth-order valence-corrected chi connectivity index (χ4v) is 2.58. The number of aromatic nitrogens is 3. The van der Waals surface area contributed by atoms with Crippen LogP contribution in [0.3, 0.4) is 0 Å². The van der Waals surface area contributed by atoms with Crippen LogP contribution < -0.4 is 0 Å². The second-order valence-electron chi connectivity index (χ2n) is 3.58. The van der Waals surface area contributed by atoms with Crippen LogP contribution in [0, 0.1) is 11.3 Å². The number of hydrogen-bond donors (Lipinski definition) is 0. The maximum Gasteiger partial charge on any atom is 0.252 e. The topological polar surface area (TPSA) is 57.7 Å². The third-order valence-corrected chi connectivity index (χ3v) is 3.29. The molecular weight excluding hydrogens is 258 g/mol. The van der Waals surface area contributed by atoms with Crippen LogP contribution in [-0.2, 0) is 13.2 Å². The van der Waals surface area contributed by atoms with Crippen LogP contribution in [0.4, 0.5) is 0 Å². The number of nitrogens with zero attached hydrogens (tertiary/aromatic N) is 5. The Morgan fingerprint density at radius 1 is 1.59 bits per heavy atom. The smallest absolute Gasteiger partial charge is 0.252 e. The fraction of sp³-hybridized carbons (Fsp3) is 0.300. The number of thiophene rings is 1. The summed E-state index contributed by atoms with van der Waals surface area (Å²) in [5, 5.41) is 12.6. The van der Waals surface area contributed by atoms with Gasteiger partial charge in [0.15, 0.2) is 0 Å². The van der Waals surface area contributed by atoms with Crippen molar-refractivity contribution in [2.45, 2.75) is 13.2 Å². The van der Waals surface area contributed by atoms with Gasteiger partial charge in [0.25, 0.3) is 5.82 Å². The van der Waals surface area contributed by atoms with Crippen molar-refractivity contribution >= 4 is 22.9 Å². The molecule has 2 heterocycles. The van der Waals surface area contributed by atoms with Crippen molar-refractivity contribution in [3.8, 4) is 6.07 Å². The van der Waals surface area contributed by atoms with Gasteiger partial charge in [-0.05, 0) is 19.2 Å². The number of rotatable bonds is 4. The third-order valence-electron chi connectivity index (χ3n) is 2.08. The molecule has 0 atom stereocenters. The van der Waals surface area contributed by atoms with Crippen molar-refractivity contribution in [2.75, 3.05) is 7.05 Å². The Balaban J connectivity index is 1.93. The summed E-state index contributed by atoms with van der Waals surface area (Å²) < 4.78 is 2.43. The van der Waals surface area contributed by atoms with E-state index in [4.69, 9.17) is 16.9 Å². The Labute approximate surface area is 108 Å². The molecule has 7 heteroatoms. The van der Waals surface area contributed by atoms with E-state index in [1.54, 1.807) is 22.3 Å². The minimum atomic E-state index is 0.192. The average Bonchev–Trinajstić information content (AvgIpc) is 2.88. The summed E-state index contributed by atoms with van der Waals surface area (Å²) in [6, 6.07) is 5.79. The van der Waals surface area contributed by atoms with Crippen molar-refractivity contribution in [1.29, 1.82) is 5.26 Å². The Kier molecular flexibility index (Phi) is 3.74. The van der Waals surface area contributed by atoms with Gasteiger partial charge in [0.2, 0.25) is 0 Å². The average molecular weight is 268 g/mol. The molecule has 0 bridgehead atoms. The summed E-state index contributed by atoms with van der Waals surface area (Å²) in [5.41, 5.74) is 0. The zero-order chi connectivity index (χ0) is 12.3.